The molecule has 0 heterocycles. The van der Waals surface area contributed by atoms with Gasteiger partial charge in [-0.25, -0.2) is 0 Å². The van der Waals surface area contributed by atoms with Gasteiger partial charge in [0.1, 0.15) is 0 Å². The van der Waals surface area contributed by atoms with Crippen LogP contribution in [-0.2, 0) is 0 Å². The van der Waals surface area contributed by atoms with Crippen molar-refractivity contribution in [2.24, 2.45) is 5.92 Å². The molecule has 1 aliphatic rings. The highest BCUT2D eigenvalue weighted by Gasteiger charge is 2.23. The van der Waals surface area contributed by atoms with E-state index in [-0.39, 0.29) is 0 Å². The lowest BCUT2D eigenvalue weighted by molar-refractivity contribution is 0.470. The monoisotopic (exact) mass is 377 g/mol. The number of rotatable bonds is 7. The summed E-state index contributed by atoms with van der Waals surface area (Å²) in [5, 5.41) is 4.53. The first kappa shape index (κ1) is 14.6. The van der Waals surface area contributed by atoms with Crippen LogP contribution in [0.3, 0.4) is 0 Å². The van der Waals surface area contributed by atoms with Gasteiger partial charge >= 0.3 is 0 Å². The Bertz CT molecular complexity index is 390. The van der Waals surface area contributed by atoms with E-state index in [1.807, 2.05) is 0 Å². The van der Waals surface area contributed by atoms with E-state index < -0.39 is 0 Å². The Morgan fingerprint density at radius 2 is 2.22 bits per heavy atom. The minimum absolute atomic E-state index is 0.472. The third-order valence-corrected chi connectivity index (χ3v) is 5.12. The van der Waals surface area contributed by atoms with Gasteiger partial charge in [0, 0.05) is 9.61 Å². The average Bonchev–Trinajstić information content (AvgIpc) is 3.17. The van der Waals surface area contributed by atoms with Gasteiger partial charge in [-0.05, 0) is 72.0 Å². The zero-order chi connectivity index (χ0) is 13.0. The molecule has 0 spiro atoms. The van der Waals surface area contributed by atoms with Crippen LogP contribution in [0.5, 0.6) is 0 Å². The smallest absolute Gasteiger partial charge is 0.0542 e. The molecule has 1 N–H and O–H groups in total. The third-order valence-electron chi connectivity index (χ3n) is 3.55. The molecule has 1 fully saturated rings. The summed E-state index contributed by atoms with van der Waals surface area (Å²) in [6.07, 6.45) is 6.65. The lowest BCUT2D eigenvalue weighted by Gasteiger charge is -2.19. The van der Waals surface area contributed by atoms with Crippen LogP contribution < -0.4 is 5.32 Å². The molecule has 0 bridgehead atoms. The van der Waals surface area contributed by atoms with E-state index in [4.69, 9.17) is 11.6 Å². The zero-order valence-electron chi connectivity index (χ0n) is 10.9. The number of hydrogen-bond acceptors (Lipinski definition) is 1. The molecule has 18 heavy (non-hydrogen) atoms. The summed E-state index contributed by atoms with van der Waals surface area (Å²) in [5.74, 6) is 0.996. The van der Waals surface area contributed by atoms with E-state index in [1.165, 1.54) is 37.7 Å². The minimum Gasteiger partial charge on any atom is -0.310 e. The molecule has 0 radical (unpaired) electrons. The second kappa shape index (κ2) is 7.11. The van der Waals surface area contributed by atoms with E-state index in [2.05, 4.69) is 53.0 Å². The fraction of sp³-hybridized carbons (Fsp3) is 0.600. The van der Waals surface area contributed by atoms with Crippen molar-refractivity contribution in [3.63, 3.8) is 0 Å². The van der Waals surface area contributed by atoms with Crippen LogP contribution in [0.1, 0.15) is 50.6 Å². The third kappa shape index (κ3) is 4.39. The van der Waals surface area contributed by atoms with E-state index in [0.717, 1.165) is 21.1 Å². The maximum absolute atomic E-state index is 6.23. The molecule has 2 rings (SSSR count). The van der Waals surface area contributed by atoms with Crippen LogP contribution in [-0.4, -0.2) is 6.54 Å². The fourth-order valence-electron chi connectivity index (χ4n) is 2.24. The van der Waals surface area contributed by atoms with Gasteiger partial charge in [-0.15, -0.1) is 0 Å². The van der Waals surface area contributed by atoms with Gasteiger partial charge in [0.05, 0.1) is 5.02 Å². The Hall–Kier alpha value is 0.200. The first-order chi connectivity index (χ1) is 8.70. The molecule has 0 aromatic heterocycles. The molecule has 1 saturated carbocycles. The Labute approximate surface area is 129 Å². The van der Waals surface area contributed by atoms with Gasteiger partial charge in [0.2, 0.25) is 0 Å². The quantitative estimate of drug-likeness (QED) is 0.646. The summed E-state index contributed by atoms with van der Waals surface area (Å²) in [4.78, 5) is 0. The highest BCUT2D eigenvalue weighted by atomic mass is 127. The summed E-state index contributed by atoms with van der Waals surface area (Å²) in [5.41, 5.74) is 1.34. The second-order valence-electron chi connectivity index (χ2n) is 5.20. The molecule has 0 aliphatic heterocycles. The summed E-state index contributed by atoms with van der Waals surface area (Å²) < 4.78 is 1.13. The first-order valence-electron chi connectivity index (χ1n) is 6.89. The zero-order valence-corrected chi connectivity index (χ0v) is 13.8. The van der Waals surface area contributed by atoms with Gasteiger partial charge in [-0.2, -0.15) is 0 Å². The maximum Gasteiger partial charge on any atom is 0.0542 e. The molecule has 100 valence electrons. The van der Waals surface area contributed by atoms with Crippen LogP contribution in [0.4, 0.5) is 0 Å². The standard InChI is InChI=1S/C15H21ClIN/c1-2-9-18-15(8-5-11-3-4-11)12-6-7-14(17)13(16)10-12/h6-7,10-11,15,18H,2-5,8-9H2,1H3. The molecule has 0 amide bonds. The van der Waals surface area contributed by atoms with E-state index in [1.54, 1.807) is 0 Å². The predicted molar refractivity (Wildman–Crippen MR) is 87.2 cm³/mol. The highest BCUT2D eigenvalue weighted by molar-refractivity contribution is 14.1. The van der Waals surface area contributed by atoms with E-state index in [9.17, 15) is 0 Å². The SMILES string of the molecule is CCCNC(CCC1CC1)c1ccc(I)c(Cl)c1. The molecule has 3 heteroatoms. The van der Waals surface area contributed by atoms with Crippen LogP contribution in [0.15, 0.2) is 18.2 Å². The van der Waals surface area contributed by atoms with Crippen LogP contribution >= 0.6 is 34.2 Å². The number of halogens is 2. The molecule has 1 unspecified atom stereocenters. The average molecular weight is 378 g/mol. The van der Waals surface area contributed by atoms with Crippen molar-refractivity contribution in [3.05, 3.63) is 32.4 Å². The van der Waals surface area contributed by atoms with Crippen molar-refractivity contribution in [1.82, 2.24) is 5.32 Å². The first-order valence-corrected chi connectivity index (χ1v) is 8.34. The second-order valence-corrected chi connectivity index (χ2v) is 6.77. The Balaban J connectivity index is 2.01. The molecule has 1 aromatic rings. The van der Waals surface area contributed by atoms with Gasteiger partial charge in [0.25, 0.3) is 0 Å². The van der Waals surface area contributed by atoms with Gasteiger partial charge in [-0.3, -0.25) is 0 Å². The maximum atomic E-state index is 6.23. The molecular formula is C15H21ClIN. The largest absolute Gasteiger partial charge is 0.310 e. The van der Waals surface area contributed by atoms with Crippen LogP contribution in [0.25, 0.3) is 0 Å². The van der Waals surface area contributed by atoms with Crippen LogP contribution in [0, 0.1) is 9.49 Å². The Morgan fingerprint density at radius 3 is 2.83 bits per heavy atom. The topological polar surface area (TPSA) is 12.0 Å². The van der Waals surface area contributed by atoms with Crippen molar-refractivity contribution in [2.45, 2.75) is 45.1 Å². The molecule has 0 saturated heterocycles. The minimum atomic E-state index is 0.472. The van der Waals surface area contributed by atoms with Crippen molar-refractivity contribution >= 4 is 34.2 Å². The van der Waals surface area contributed by atoms with E-state index >= 15 is 0 Å². The van der Waals surface area contributed by atoms with Gasteiger partial charge < -0.3 is 5.32 Å². The van der Waals surface area contributed by atoms with Crippen molar-refractivity contribution in [1.29, 1.82) is 0 Å². The van der Waals surface area contributed by atoms with Crippen molar-refractivity contribution in [3.8, 4) is 0 Å². The lowest BCUT2D eigenvalue weighted by Crippen LogP contribution is -2.22. The van der Waals surface area contributed by atoms with Gasteiger partial charge in [0.15, 0.2) is 0 Å². The molecule has 1 nitrogen and oxygen atoms in total. The number of benzene rings is 1. The van der Waals surface area contributed by atoms with Gasteiger partial charge in [-0.1, -0.05) is 37.4 Å². The molecular weight excluding hydrogens is 357 g/mol. The summed E-state index contributed by atoms with van der Waals surface area (Å²) in [6, 6.07) is 6.94. The van der Waals surface area contributed by atoms with Crippen molar-refractivity contribution in [2.75, 3.05) is 6.54 Å². The van der Waals surface area contributed by atoms with E-state index in [0.29, 0.717) is 6.04 Å². The summed E-state index contributed by atoms with van der Waals surface area (Å²) in [7, 11) is 0. The number of nitrogens with one attached hydrogen (secondary N) is 1. The highest BCUT2D eigenvalue weighted by Crippen LogP contribution is 2.36. The Kier molecular flexibility index (Phi) is 5.77. The normalized spacial score (nSPS) is 16.8. The molecule has 1 aromatic carbocycles. The van der Waals surface area contributed by atoms with Crippen molar-refractivity contribution < 1.29 is 0 Å². The summed E-state index contributed by atoms with van der Waals surface area (Å²) >= 11 is 8.51. The molecule has 1 aliphatic carbocycles. The van der Waals surface area contributed by atoms with Crippen LogP contribution in [0.2, 0.25) is 5.02 Å². The molecule has 1 atom stereocenters. The summed E-state index contributed by atoms with van der Waals surface area (Å²) in [6.45, 7) is 3.30. The Morgan fingerprint density at radius 1 is 1.44 bits per heavy atom. The lowest BCUT2D eigenvalue weighted by atomic mass is 10.0. The fourth-order valence-corrected chi connectivity index (χ4v) is 2.77. The number of hydrogen-bond donors (Lipinski definition) is 1. The predicted octanol–water partition coefficient (Wildman–Crippen LogP) is 5.18.